The van der Waals surface area contributed by atoms with Crippen molar-refractivity contribution in [2.45, 2.75) is 97.7 Å². The normalized spacial score (nSPS) is 19.4. The molecule has 2 aliphatic heterocycles. The average molecular weight is 614 g/mol. The van der Waals surface area contributed by atoms with E-state index in [-0.39, 0.29) is 24.5 Å². The Morgan fingerprint density at radius 3 is 2.30 bits per heavy atom. The topological polar surface area (TPSA) is 106 Å². The van der Waals surface area contributed by atoms with Crippen LogP contribution in [0.5, 0.6) is 5.75 Å². The lowest BCUT2D eigenvalue weighted by molar-refractivity contribution is -0.144. The number of likely N-dealkylation sites (tertiary alicyclic amines) is 1. The largest absolute Gasteiger partial charge is 0.476 e. The van der Waals surface area contributed by atoms with Crippen LogP contribution < -0.4 is 9.64 Å². The zero-order chi connectivity index (χ0) is 32.7. The minimum absolute atomic E-state index is 0.0563. The Hall–Kier alpha value is -3.51. The number of alkyl halides is 3. The maximum absolute atomic E-state index is 14.5. The second-order valence-electron chi connectivity index (χ2n) is 12.8. The van der Waals surface area contributed by atoms with Crippen LogP contribution in [-0.2, 0) is 25.2 Å². The van der Waals surface area contributed by atoms with Crippen LogP contribution in [0.15, 0.2) is 12.1 Å². The molecule has 43 heavy (non-hydrogen) atoms. The summed E-state index contributed by atoms with van der Waals surface area (Å²) in [6, 6.07) is 0.638. The Morgan fingerprint density at radius 2 is 1.77 bits per heavy atom. The van der Waals surface area contributed by atoms with Gasteiger partial charge in [0.2, 0.25) is 0 Å². The van der Waals surface area contributed by atoms with Crippen molar-refractivity contribution in [1.29, 1.82) is 0 Å². The number of carbonyl (C=O) groups is 4. The minimum atomic E-state index is -4.93. The van der Waals surface area contributed by atoms with E-state index in [0.717, 1.165) is 12.1 Å². The van der Waals surface area contributed by atoms with Gasteiger partial charge in [0.25, 0.3) is 11.8 Å². The number of anilines is 1. The number of hydrogen-bond donors (Lipinski definition) is 0. The van der Waals surface area contributed by atoms with Gasteiger partial charge in [-0.1, -0.05) is 6.92 Å². The third kappa shape index (κ3) is 7.53. The highest BCUT2D eigenvalue weighted by Gasteiger charge is 2.46. The van der Waals surface area contributed by atoms with Gasteiger partial charge in [-0.25, -0.2) is 4.79 Å². The molecule has 3 amide bonds. The molecule has 10 nitrogen and oxygen atoms in total. The zero-order valence-electron chi connectivity index (χ0n) is 26.3. The number of methoxy groups -OCH3 is 1. The molecule has 2 aliphatic rings. The van der Waals surface area contributed by atoms with Gasteiger partial charge in [-0.15, -0.1) is 0 Å². The average Bonchev–Trinajstić information content (AvgIpc) is 2.88. The number of halogens is 3. The molecule has 1 fully saturated rings. The summed E-state index contributed by atoms with van der Waals surface area (Å²) >= 11 is 0. The van der Waals surface area contributed by atoms with Crippen molar-refractivity contribution in [3.05, 3.63) is 23.3 Å². The van der Waals surface area contributed by atoms with Crippen molar-refractivity contribution < 1.29 is 46.6 Å². The number of fused-ring (bicyclic) bond motifs is 1. The van der Waals surface area contributed by atoms with Gasteiger partial charge in [0.15, 0.2) is 5.60 Å². The molecule has 1 aromatic rings. The third-order valence-corrected chi connectivity index (χ3v) is 7.34. The highest BCUT2D eigenvalue weighted by Crippen LogP contribution is 2.45. The molecule has 1 aromatic carbocycles. The lowest BCUT2D eigenvalue weighted by Gasteiger charge is -2.42. The van der Waals surface area contributed by atoms with Crippen LogP contribution in [0.25, 0.3) is 0 Å². The molecule has 240 valence electrons. The number of rotatable bonds is 6. The van der Waals surface area contributed by atoms with Crippen molar-refractivity contribution in [2.24, 2.45) is 5.92 Å². The van der Waals surface area contributed by atoms with Crippen molar-refractivity contribution in [3.63, 3.8) is 0 Å². The summed E-state index contributed by atoms with van der Waals surface area (Å²) in [6.45, 7) is 13.2. The molecule has 0 N–H and O–H groups in total. The molecule has 13 heteroatoms. The Kier molecular flexibility index (Phi) is 9.67. The van der Waals surface area contributed by atoms with Crippen LogP contribution >= 0.6 is 0 Å². The predicted molar refractivity (Wildman–Crippen MR) is 152 cm³/mol. The smallest absolute Gasteiger partial charge is 0.417 e. The molecule has 1 saturated heterocycles. The van der Waals surface area contributed by atoms with Crippen LogP contribution in [0.1, 0.15) is 84.2 Å². The van der Waals surface area contributed by atoms with Crippen LogP contribution in [0, 0.1) is 5.92 Å². The monoisotopic (exact) mass is 613 g/mol. The van der Waals surface area contributed by atoms with Gasteiger partial charge < -0.3 is 28.9 Å². The maximum Gasteiger partial charge on any atom is 0.417 e. The number of ether oxygens (including phenoxy) is 3. The summed E-state index contributed by atoms with van der Waals surface area (Å²) in [4.78, 5) is 56.4. The number of esters is 1. The first kappa shape index (κ1) is 34.0. The van der Waals surface area contributed by atoms with Gasteiger partial charge in [-0.2, -0.15) is 13.2 Å². The Labute approximate surface area is 250 Å². The molecule has 0 aliphatic carbocycles. The summed E-state index contributed by atoms with van der Waals surface area (Å²) in [6.07, 6.45) is -4.51. The molecule has 0 spiro atoms. The summed E-state index contributed by atoms with van der Waals surface area (Å²) in [5.74, 6) is -3.16. The standard InChI is InChI=1S/C30H42F3N3O7/c1-17(2)36(19-11-10-12-34(16-19)27(40)43-28(4,5)6)24(37)20-13-22-23(14-21(20)30(31,32)33)42-29(7,8)26(39)35(22)15-18(3)25(38)41-9/h13-14,17-19H,10-12,15-16H2,1-9H3/t18-,19+/m0/s1. The zero-order valence-corrected chi connectivity index (χ0v) is 26.3. The van der Waals surface area contributed by atoms with Crippen molar-refractivity contribution in [1.82, 2.24) is 9.80 Å². The van der Waals surface area contributed by atoms with E-state index in [0.29, 0.717) is 19.4 Å². The van der Waals surface area contributed by atoms with Crippen LogP contribution in [0.3, 0.4) is 0 Å². The van der Waals surface area contributed by atoms with Gasteiger partial charge in [0, 0.05) is 25.7 Å². The SMILES string of the molecule is COC(=O)[C@@H](C)CN1C(=O)C(C)(C)Oc2cc(C(F)(F)F)c(C(=O)N(C(C)C)[C@@H]3CCCN(C(=O)OC(C)(C)C)C3)cc21. The summed E-state index contributed by atoms with van der Waals surface area (Å²) in [5.41, 5.74) is -4.21. The fourth-order valence-corrected chi connectivity index (χ4v) is 5.39. The van der Waals surface area contributed by atoms with Crippen molar-refractivity contribution in [2.75, 3.05) is 31.6 Å². The molecule has 0 saturated carbocycles. The highest BCUT2D eigenvalue weighted by molar-refractivity contribution is 6.05. The molecule has 2 atom stereocenters. The summed E-state index contributed by atoms with van der Waals surface area (Å²) in [5, 5.41) is 0. The van der Waals surface area contributed by atoms with Gasteiger partial charge in [0.1, 0.15) is 11.4 Å². The number of hydrogen-bond acceptors (Lipinski definition) is 7. The predicted octanol–water partition coefficient (Wildman–Crippen LogP) is 5.27. The fourth-order valence-electron chi connectivity index (χ4n) is 5.39. The third-order valence-electron chi connectivity index (χ3n) is 7.34. The maximum atomic E-state index is 14.5. The quantitative estimate of drug-likeness (QED) is 0.403. The number of carbonyl (C=O) groups excluding carboxylic acids is 4. The first-order valence-corrected chi connectivity index (χ1v) is 14.3. The van der Waals surface area contributed by atoms with E-state index >= 15 is 0 Å². The summed E-state index contributed by atoms with van der Waals surface area (Å²) in [7, 11) is 1.19. The van der Waals surface area contributed by atoms with E-state index in [4.69, 9.17) is 14.2 Å². The Bertz CT molecular complexity index is 1260. The number of benzene rings is 1. The van der Waals surface area contributed by atoms with Crippen LogP contribution in [0.2, 0.25) is 0 Å². The molecule has 0 aromatic heterocycles. The number of piperidine rings is 1. The van der Waals surface area contributed by atoms with Crippen LogP contribution in [0.4, 0.5) is 23.7 Å². The lowest BCUT2D eigenvalue weighted by Crippen LogP contribution is -2.55. The van der Waals surface area contributed by atoms with E-state index in [2.05, 4.69) is 0 Å². The van der Waals surface area contributed by atoms with Crippen molar-refractivity contribution >= 4 is 29.6 Å². The Morgan fingerprint density at radius 1 is 1.14 bits per heavy atom. The Balaban J connectivity index is 2.10. The lowest BCUT2D eigenvalue weighted by atomic mass is 9.96. The number of nitrogens with zero attached hydrogens (tertiary/aromatic N) is 3. The second kappa shape index (κ2) is 12.2. The second-order valence-corrected chi connectivity index (χ2v) is 12.8. The highest BCUT2D eigenvalue weighted by atomic mass is 19.4. The van der Waals surface area contributed by atoms with Gasteiger partial charge in [0.05, 0.1) is 35.9 Å². The fraction of sp³-hybridized carbons (Fsp3) is 0.667. The molecular weight excluding hydrogens is 571 g/mol. The van der Waals surface area contributed by atoms with Gasteiger partial charge >= 0.3 is 18.2 Å². The minimum Gasteiger partial charge on any atom is -0.476 e. The van der Waals surface area contributed by atoms with Crippen LogP contribution in [-0.4, -0.2) is 83.7 Å². The van der Waals surface area contributed by atoms with Gasteiger partial charge in [-0.3, -0.25) is 14.4 Å². The van der Waals surface area contributed by atoms with E-state index in [1.807, 2.05) is 0 Å². The number of amides is 3. The van der Waals surface area contributed by atoms with Gasteiger partial charge in [-0.05, 0) is 73.4 Å². The van der Waals surface area contributed by atoms with E-state index < -0.39 is 70.4 Å². The first-order valence-electron chi connectivity index (χ1n) is 14.3. The molecule has 2 heterocycles. The van der Waals surface area contributed by atoms with E-state index in [1.165, 1.54) is 42.6 Å². The van der Waals surface area contributed by atoms with Crippen molar-refractivity contribution in [3.8, 4) is 5.75 Å². The van der Waals surface area contributed by atoms with E-state index in [1.54, 1.807) is 34.6 Å². The molecule has 0 bridgehead atoms. The molecular formula is C30H42F3N3O7. The molecule has 0 radical (unpaired) electrons. The summed E-state index contributed by atoms with van der Waals surface area (Å²) < 4.78 is 59.5. The molecule has 0 unspecified atom stereocenters. The molecule has 3 rings (SSSR count). The first-order chi connectivity index (χ1) is 19.7. The van der Waals surface area contributed by atoms with E-state index in [9.17, 15) is 32.3 Å².